The molecule has 0 saturated carbocycles. The quantitative estimate of drug-likeness (QED) is 0.938. The Morgan fingerprint density at radius 1 is 1.17 bits per heavy atom. The van der Waals surface area contributed by atoms with Crippen LogP contribution in [-0.4, -0.2) is 23.8 Å². The molecule has 0 fully saturated rings. The van der Waals surface area contributed by atoms with Gasteiger partial charge in [0.25, 0.3) is 5.91 Å². The lowest BCUT2D eigenvalue weighted by Crippen LogP contribution is -2.36. The third kappa shape index (κ3) is 3.65. The standard InChI is InChI=1S/C20H21NO3/c1-20(2)13-17(22)16-12-15(8-9-18(16)24-20)19(23)21-11-10-14-6-4-3-5-7-14/h3-9,12H,10-11,13H2,1-2H3,(H,21,23). The predicted octanol–water partition coefficient (Wildman–Crippen LogP) is 3.40. The van der Waals surface area contributed by atoms with Gasteiger partial charge in [0.05, 0.1) is 12.0 Å². The number of carbonyl (C=O) groups excluding carboxylic acids is 2. The third-order valence-electron chi connectivity index (χ3n) is 4.06. The van der Waals surface area contributed by atoms with Crippen molar-refractivity contribution in [1.82, 2.24) is 5.32 Å². The van der Waals surface area contributed by atoms with Gasteiger partial charge in [-0.05, 0) is 44.0 Å². The maximum atomic E-state index is 12.3. The van der Waals surface area contributed by atoms with Crippen LogP contribution in [0.1, 0.15) is 46.5 Å². The number of ether oxygens (including phenoxy) is 1. The van der Waals surface area contributed by atoms with Gasteiger partial charge in [0.1, 0.15) is 11.4 Å². The Labute approximate surface area is 141 Å². The second kappa shape index (κ2) is 6.48. The first-order valence-electron chi connectivity index (χ1n) is 8.13. The largest absolute Gasteiger partial charge is 0.487 e. The van der Waals surface area contributed by atoms with E-state index >= 15 is 0 Å². The van der Waals surface area contributed by atoms with Crippen molar-refractivity contribution in [2.45, 2.75) is 32.3 Å². The van der Waals surface area contributed by atoms with E-state index in [0.29, 0.717) is 29.8 Å². The summed E-state index contributed by atoms with van der Waals surface area (Å²) >= 11 is 0. The van der Waals surface area contributed by atoms with Gasteiger partial charge in [-0.3, -0.25) is 9.59 Å². The molecule has 0 radical (unpaired) electrons. The van der Waals surface area contributed by atoms with Crippen LogP contribution in [-0.2, 0) is 6.42 Å². The molecule has 1 aliphatic heterocycles. The van der Waals surface area contributed by atoms with E-state index < -0.39 is 5.60 Å². The predicted molar refractivity (Wildman–Crippen MR) is 92.6 cm³/mol. The van der Waals surface area contributed by atoms with Gasteiger partial charge in [-0.2, -0.15) is 0 Å². The average Bonchev–Trinajstić information content (AvgIpc) is 2.54. The highest BCUT2D eigenvalue weighted by Crippen LogP contribution is 2.33. The van der Waals surface area contributed by atoms with Crippen LogP contribution < -0.4 is 10.1 Å². The van der Waals surface area contributed by atoms with Crippen LogP contribution in [0.5, 0.6) is 5.75 Å². The molecule has 0 unspecified atom stereocenters. The molecule has 0 bridgehead atoms. The second-order valence-electron chi connectivity index (χ2n) is 6.66. The van der Waals surface area contributed by atoms with Crippen molar-refractivity contribution in [3.63, 3.8) is 0 Å². The summed E-state index contributed by atoms with van der Waals surface area (Å²) in [5, 5.41) is 2.89. The van der Waals surface area contributed by atoms with Crippen molar-refractivity contribution in [2.75, 3.05) is 6.54 Å². The zero-order valence-electron chi connectivity index (χ0n) is 14.0. The Morgan fingerprint density at radius 2 is 1.92 bits per heavy atom. The highest BCUT2D eigenvalue weighted by Gasteiger charge is 2.32. The Bertz CT molecular complexity index is 766. The minimum absolute atomic E-state index is 0.0141. The molecule has 0 atom stereocenters. The van der Waals surface area contributed by atoms with Gasteiger partial charge in [0.15, 0.2) is 5.78 Å². The first-order valence-corrected chi connectivity index (χ1v) is 8.13. The molecule has 24 heavy (non-hydrogen) atoms. The first kappa shape index (κ1) is 16.2. The van der Waals surface area contributed by atoms with E-state index in [1.165, 1.54) is 5.56 Å². The van der Waals surface area contributed by atoms with Crippen LogP contribution in [0.15, 0.2) is 48.5 Å². The van der Waals surface area contributed by atoms with Gasteiger partial charge in [0, 0.05) is 12.1 Å². The maximum Gasteiger partial charge on any atom is 0.251 e. The Hall–Kier alpha value is -2.62. The molecule has 2 aromatic carbocycles. The summed E-state index contributed by atoms with van der Waals surface area (Å²) in [7, 11) is 0. The smallest absolute Gasteiger partial charge is 0.251 e. The number of hydrogen-bond acceptors (Lipinski definition) is 3. The Balaban J connectivity index is 1.66. The van der Waals surface area contributed by atoms with Crippen molar-refractivity contribution in [3.8, 4) is 5.75 Å². The number of carbonyl (C=O) groups is 2. The van der Waals surface area contributed by atoms with Crippen molar-refractivity contribution in [1.29, 1.82) is 0 Å². The molecule has 0 saturated heterocycles. The monoisotopic (exact) mass is 323 g/mol. The van der Waals surface area contributed by atoms with E-state index in [1.807, 2.05) is 44.2 Å². The van der Waals surface area contributed by atoms with E-state index in [4.69, 9.17) is 4.74 Å². The molecule has 2 aromatic rings. The molecular formula is C20H21NO3. The number of benzene rings is 2. The van der Waals surface area contributed by atoms with Crippen LogP contribution in [0.2, 0.25) is 0 Å². The number of Topliss-reactive ketones (excluding diaryl/α,β-unsaturated/α-hetero) is 1. The lowest BCUT2D eigenvalue weighted by Gasteiger charge is -2.31. The fourth-order valence-corrected chi connectivity index (χ4v) is 2.86. The summed E-state index contributed by atoms with van der Waals surface area (Å²) in [6.07, 6.45) is 1.09. The number of fused-ring (bicyclic) bond motifs is 1. The van der Waals surface area contributed by atoms with Crippen molar-refractivity contribution >= 4 is 11.7 Å². The first-order chi connectivity index (χ1) is 11.4. The summed E-state index contributed by atoms with van der Waals surface area (Å²) in [5.41, 5.74) is 1.65. The van der Waals surface area contributed by atoms with Gasteiger partial charge in [0.2, 0.25) is 0 Å². The lowest BCUT2D eigenvalue weighted by atomic mass is 9.92. The molecule has 0 spiro atoms. The van der Waals surface area contributed by atoms with E-state index in [2.05, 4.69) is 5.32 Å². The summed E-state index contributed by atoms with van der Waals surface area (Å²) < 4.78 is 5.81. The number of nitrogens with one attached hydrogen (secondary N) is 1. The summed E-state index contributed by atoms with van der Waals surface area (Å²) in [4.78, 5) is 24.6. The van der Waals surface area contributed by atoms with Gasteiger partial charge in [-0.1, -0.05) is 30.3 Å². The number of hydrogen-bond donors (Lipinski definition) is 1. The van der Waals surface area contributed by atoms with Gasteiger partial charge in [-0.15, -0.1) is 0 Å². The van der Waals surface area contributed by atoms with E-state index in [-0.39, 0.29) is 11.7 Å². The van der Waals surface area contributed by atoms with Crippen LogP contribution in [0.3, 0.4) is 0 Å². The van der Waals surface area contributed by atoms with Crippen LogP contribution in [0.4, 0.5) is 0 Å². The zero-order chi connectivity index (χ0) is 17.2. The van der Waals surface area contributed by atoms with Gasteiger partial charge in [-0.25, -0.2) is 0 Å². The SMILES string of the molecule is CC1(C)CC(=O)c2cc(C(=O)NCCc3ccccc3)ccc2O1. The van der Waals surface area contributed by atoms with E-state index in [0.717, 1.165) is 6.42 Å². The van der Waals surface area contributed by atoms with Crippen molar-refractivity contribution in [2.24, 2.45) is 0 Å². The minimum Gasteiger partial charge on any atom is -0.487 e. The van der Waals surface area contributed by atoms with Crippen LogP contribution >= 0.6 is 0 Å². The molecule has 4 nitrogen and oxygen atoms in total. The highest BCUT2D eigenvalue weighted by atomic mass is 16.5. The summed E-state index contributed by atoms with van der Waals surface area (Å²) in [6.45, 7) is 4.33. The molecule has 1 aliphatic rings. The number of rotatable bonds is 4. The number of ketones is 1. The van der Waals surface area contributed by atoms with Crippen molar-refractivity contribution < 1.29 is 14.3 Å². The fraction of sp³-hybridized carbons (Fsp3) is 0.300. The van der Waals surface area contributed by atoms with Gasteiger partial charge >= 0.3 is 0 Å². The molecule has 124 valence electrons. The highest BCUT2D eigenvalue weighted by molar-refractivity contribution is 6.03. The van der Waals surface area contributed by atoms with Gasteiger partial charge < -0.3 is 10.1 Å². The molecule has 1 amide bonds. The van der Waals surface area contributed by atoms with Crippen LogP contribution in [0, 0.1) is 0 Å². The minimum atomic E-state index is -0.496. The molecule has 0 aliphatic carbocycles. The molecular weight excluding hydrogens is 302 g/mol. The average molecular weight is 323 g/mol. The van der Waals surface area contributed by atoms with Crippen molar-refractivity contribution in [3.05, 3.63) is 65.2 Å². The molecule has 3 rings (SSSR count). The van der Waals surface area contributed by atoms with E-state index in [1.54, 1.807) is 18.2 Å². The number of amides is 1. The summed E-state index contributed by atoms with van der Waals surface area (Å²) in [5.74, 6) is 0.392. The Kier molecular flexibility index (Phi) is 4.38. The topological polar surface area (TPSA) is 55.4 Å². The van der Waals surface area contributed by atoms with E-state index in [9.17, 15) is 9.59 Å². The maximum absolute atomic E-state index is 12.3. The third-order valence-corrected chi connectivity index (χ3v) is 4.06. The summed E-state index contributed by atoms with van der Waals surface area (Å²) in [6, 6.07) is 15.0. The zero-order valence-corrected chi connectivity index (χ0v) is 14.0. The molecule has 1 N–H and O–H groups in total. The second-order valence-corrected chi connectivity index (χ2v) is 6.66. The molecule has 1 heterocycles. The Morgan fingerprint density at radius 3 is 2.67 bits per heavy atom. The normalized spacial score (nSPS) is 15.3. The molecule has 4 heteroatoms. The fourth-order valence-electron chi connectivity index (χ4n) is 2.86. The molecule has 0 aromatic heterocycles. The van der Waals surface area contributed by atoms with Crippen LogP contribution in [0.25, 0.3) is 0 Å². The lowest BCUT2D eigenvalue weighted by molar-refractivity contribution is 0.0620.